The molecule has 4 heterocycles. The summed E-state index contributed by atoms with van der Waals surface area (Å²) in [5, 5.41) is 47.9. The Bertz CT molecular complexity index is 6540. The minimum absolute atomic E-state index is 0.0303. The van der Waals surface area contributed by atoms with Gasteiger partial charge in [-0.1, -0.05) is 187 Å². The number of phosphoric ester groups is 1. The number of ether oxygens (including phenoxy) is 11. The molecule has 3 atom stereocenters. The van der Waals surface area contributed by atoms with Crippen molar-refractivity contribution in [3.05, 3.63) is 286 Å². The molecule has 0 bridgehead atoms. The van der Waals surface area contributed by atoms with Crippen LogP contribution in [0.5, 0.6) is 11.5 Å². The highest BCUT2D eigenvalue weighted by Gasteiger charge is 2.30. The molecular weight excluding hydrogens is 2000 g/mol. The third-order valence-corrected chi connectivity index (χ3v) is 24.2. The Labute approximate surface area is 826 Å². The maximum absolute atomic E-state index is 13.5. The van der Waals surface area contributed by atoms with Crippen molar-refractivity contribution in [1.82, 2.24) is 60.8 Å². The number of hydrogen-bond donors (Lipinski definition) is 5. The number of esters is 2. The number of methoxy groups -OCH3 is 2. The summed E-state index contributed by atoms with van der Waals surface area (Å²) in [6.07, 6.45) is 1.50. The zero-order valence-corrected chi connectivity index (χ0v) is 82.3. The number of carbonyl (C=O) groups excluding carboxylic acids is 6. The van der Waals surface area contributed by atoms with E-state index in [4.69, 9.17) is 104 Å². The first-order valence-electron chi connectivity index (χ1n) is 42.5. The Balaban J connectivity index is 0.000000204. The second-order valence-corrected chi connectivity index (χ2v) is 37.8. The molecule has 142 heavy (non-hydrogen) atoms. The zero-order chi connectivity index (χ0) is 101. The lowest BCUT2D eigenvalue weighted by atomic mass is 10.0. The first-order valence-corrected chi connectivity index (χ1v) is 51.4. The minimum atomic E-state index is -4.67. The smallest absolute Gasteiger partial charge is 0.497 e. The van der Waals surface area contributed by atoms with E-state index in [1.165, 1.54) is 24.8 Å². The van der Waals surface area contributed by atoms with Crippen molar-refractivity contribution in [3.63, 3.8) is 0 Å². The summed E-state index contributed by atoms with van der Waals surface area (Å²) in [6, 6.07) is 66.6. The summed E-state index contributed by atoms with van der Waals surface area (Å²) < 4.78 is 135. The molecule has 0 aliphatic heterocycles. The van der Waals surface area contributed by atoms with Crippen LogP contribution < -0.4 is 9.47 Å². The summed E-state index contributed by atoms with van der Waals surface area (Å²) in [5.74, 6) is -0.271. The fraction of sp³-hybridized carbons (Fsp3) is 0.261. The van der Waals surface area contributed by atoms with E-state index in [9.17, 15) is 47.0 Å². The number of aliphatic hydroxyl groups is 1. The number of aliphatic hydroxyl groups excluding tert-OH is 1. The Kier molecular flexibility index (Phi) is 42.0. The lowest BCUT2D eigenvalue weighted by Crippen LogP contribution is -2.16. The highest BCUT2D eigenvalue weighted by atomic mass is 35.5. The lowest BCUT2D eigenvalue weighted by molar-refractivity contribution is -0.0316. The predicted molar refractivity (Wildman–Crippen MR) is 511 cm³/mol. The van der Waals surface area contributed by atoms with Crippen molar-refractivity contribution in [2.75, 3.05) is 113 Å². The molecule has 0 spiro atoms. The van der Waals surface area contributed by atoms with E-state index in [2.05, 4.69) is 99.0 Å². The van der Waals surface area contributed by atoms with Crippen molar-refractivity contribution in [3.8, 4) is 78.8 Å². The number of aromatic nitrogens is 12. The van der Waals surface area contributed by atoms with E-state index in [0.29, 0.717) is 42.0 Å². The van der Waals surface area contributed by atoms with Crippen LogP contribution in [0.2, 0.25) is 0 Å². The van der Waals surface area contributed by atoms with Crippen LogP contribution in [-0.2, 0) is 138 Å². The fourth-order valence-corrected chi connectivity index (χ4v) is 16.4. The van der Waals surface area contributed by atoms with Crippen molar-refractivity contribution in [1.29, 1.82) is 0 Å². The number of carbonyl (C=O) groups is 6. The molecule has 5 N–H and O–H groups in total. The van der Waals surface area contributed by atoms with Crippen LogP contribution in [0, 0.1) is 0 Å². The molecule has 0 fully saturated rings. The predicted octanol–water partition coefficient (Wildman–Crippen LogP) is 17.4. The van der Waals surface area contributed by atoms with Crippen LogP contribution in [0.4, 0.5) is 19.2 Å². The first kappa shape index (κ1) is 109. The van der Waals surface area contributed by atoms with Gasteiger partial charge < -0.3 is 94.1 Å². The third kappa shape index (κ3) is 35.5. The summed E-state index contributed by atoms with van der Waals surface area (Å²) in [7, 11) is -11.1. The molecule has 0 saturated heterocycles. The van der Waals surface area contributed by atoms with E-state index >= 15 is 0 Å². The minimum Gasteiger partial charge on any atom is -0.497 e. The average molecular weight is 2100 g/mol. The quantitative estimate of drug-likeness (QED) is 0.00451. The van der Waals surface area contributed by atoms with Crippen molar-refractivity contribution >= 4 is 101 Å². The van der Waals surface area contributed by atoms with Gasteiger partial charge in [0.1, 0.15) is 54.1 Å². The van der Waals surface area contributed by atoms with Gasteiger partial charge in [-0.2, -0.15) is 50.6 Å². The number of fused-ring (bicyclic) bond motifs is 6. The molecule has 43 nitrogen and oxygen atoms in total. The highest BCUT2D eigenvalue weighted by molar-refractivity contribution is 7.53. The number of benzene rings is 9. The molecule has 4 aromatic heterocycles. The van der Waals surface area contributed by atoms with Crippen LogP contribution in [0.1, 0.15) is 71.0 Å². The second kappa shape index (κ2) is 54.7. The highest BCUT2D eigenvalue weighted by Crippen LogP contribution is 2.48. The number of nitrogens with one attached hydrogen (secondary N) is 2. The van der Waals surface area contributed by atoms with Gasteiger partial charge in [0.25, 0.3) is 0 Å². The van der Waals surface area contributed by atoms with Crippen LogP contribution in [0.3, 0.4) is 0 Å². The largest absolute Gasteiger partial charge is 0.511 e. The van der Waals surface area contributed by atoms with E-state index in [1.54, 1.807) is 31.4 Å². The molecule has 2 aliphatic rings. The van der Waals surface area contributed by atoms with Gasteiger partial charge in [0.15, 0.2) is 23.5 Å². The van der Waals surface area contributed by atoms with Crippen LogP contribution in [0.25, 0.3) is 67.3 Å². The third-order valence-electron chi connectivity index (χ3n) is 19.6. The van der Waals surface area contributed by atoms with Crippen LogP contribution in [0.15, 0.2) is 225 Å². The number of alkyl halides is 2. The summed E-state index contributed by atoms with van der Waals surface area (Å²) in [6.45, 7) is 2.06. The van der Waals surface area contributed by atoms with Gasteiger partial charge in [-0.15, -0.1) is 10.2 Å². The molecule has 15 rings (SSSR count). The van der Waals surface area contributed by atoms with Gasteiger partial charge in [0.05, 0.1) is 92.6 Å². The number of rotatable bonds is 42. The van der Waals surface area contributed by atoms with Gasteiger partial charge in [-0.3, -0.25) is 18.2 Å². The molecule has 9 aromatic carbocycles. The molecule has 3 unspecified atom stereocenters. The number of phosphoric acid groups is 1. The van der Waals surface area contributed by atoms with Gasteiger partial charge in [0.2, 0.25) is 13.6 Å². The fourth-order valence-electron chi connectivity index (χ4n) is 13.2. The number of nitrogens with zero attached hydrogens (tertiary/aromatic N) is 10. The maximum Gasteiger partial charge on any atom is 0.511 e. The summed E-state index contributed by atoms with van der Waals surface area (Å²) in [5.41, 5.74) is 17.5. The first-order chi connectivity index (χ1) is 68.3. The van der Waals surface area contributed by atoms with E-state index < -0.39 is 93.2 Å². The van der Waals surface area contributed by atoms with Crippen molar-refractivity contribution in [2.45, 2.75) is 45.8 Å². The molecule has 0 amide bonds. The maximum atomic E-state index is 13.5. The van der Waals surface area contributed by atoms with Gasteiger partial charge >= 0.3 is 66.4 Å². The van der Waals surface area contributed by atoms with E-state index in [1.807, 2.05) is 194 Å². The van der Waals surface area contributed by atoms with E-state index in [0.717, 1.165) is 101 Å². The Morgan fingerprint density at radius 1 is 0.387 bits per heavy atom. The molecule has 50 heteroatoms. The molecule has 750 valence electrons. The van der Waals surface area contributed by atoms with Crippen molar-refractivity contribution in [2.24, 2.45) is 0 Å². The SMILES string of the molecule is COc1ccc(Cn2ncc(-c3ccc4c(c3)Cc3cc(-c5nn(Cc6ccc(OC)cc6)nc5C(=O)OCOC(=O)OCCOP(C)(=O)OCc5ccccc5)ccc3-4)n2)cc1.CP(=O)(OCCO)OCc1ccccc1.CP(=O)(OCCOC(=O)OCCl)OCc1ccccc1.O=C(Cl)OCCl.O=C(OCCOP(=O)(O)O)OCOC(=O)c1n[nH]nc1-c1ccc2c(c1)Cc1cc(-c3cn[nH]n3)ccc1-2. The average Bonchev–Trinajstić information content (AvgIpc) is 1.61. The molecule has 13 aromatic rings. The van der Waals surface area contributed by atoms with Gasteiger partial charge in [0, 0.05) is 53.8 Å². The number of hydrogen-bond acceptors (Lipinski definition) is 37. The Morgan fingerprint density at radius 3 is 1.21 bits per heavy atom. The molecular formula is C92H95Cl3N12O31P4. The Hall–Kier alpha value is -13.3. The summed E-state index contributed by atoms with van der Waals surface area (Å²) >= 11 is 14.7. The molecule has 0 saturated carbocycles. The second-order valence-electron chi connectivity index (χ2n) is 29.7. The van der Waals surface area contributed by atoms with Gasteiger partial charge in [-0.25, -0.2) is 33.3 Å². The zero-order valence-electron chi connectivity index (χ0n) is 76.5. The standard InChI is InChI=1S/C46H43N6O10P.C22H19N6O9P.C12H16ClO6P.C10H15O4P.C2H2Cl2O2/c1-56-38-15-9-31(10-16-38)27-51-47-26-42(48-51)34-13-19-40-36(23-34)25-37-24-35(14-20-41(37)40)43-44(50-52(49-43)28-32-11-17-39(57-2)18-12-32)45(53)59-30-60-46(54)58-21-22-61-63(3,55)62-29-33-7-5-4-6-8-33;29-21(35-11-36-22(30)34-5-6-37-38(31,32)33)20-19(25-28-26-20)13-2-4-17-15(8-13)9-14-7-12(1-3-16(14)17)18-10-23-27-24-18;1-20(15,18-8-7-16-12(14)17-10-13)19-9-11-5-3-2-4-6-11;1-15(12,13-8-7-11)14-9-10-5-3-2-4-6-10;3-1-6-2(4)5/h4-20,23-24,26H,21-22,25,27-30H2,1-3H3;1-4,7-8,10H,5-6,9,11H2,(H,23,24,27)(H,25,26,28)(H2,31,32,33);2-6H,7-10H2,1H3;2-6,11H,7-9H2,1H3;1H2. The topological polar surface area (TPSA) is 542 Å². The number of halogens is 3. The van der Waals surface area contributed by atoms with Gasteiger partial charge in [-0.05, 0) is 134 Å². The normalized spacial score (nSPS) is 12.6. The van der Waals surface area contributed by atoms with E-state index in [-0.39, 0.29) is 95.2 Å². The summed E-state index contributed by atoms with van der Waals surface area (Å²) in [4.78, 5) is 90.3. The van der Waals surface area contributed by atoms with Crippen LogP contribution >= 0.6 is 65.4 Å². The Morgan fingerprint density at radius 2 is 0.796 bits per heavy atom. The van der Waals surface area contributed by atoms with Crippen LogP contribution in [-0.4, -0.2) is 224 Å². The molecule has 0 radical (unpaired) electrons. The lowest BCUT2D eigenvalue weighted by Gasteiger charge is -2.14. The number of H-pyrrole nitrogens is 2. The monoisotopic (exact) mass is 2090 g/mol. The van der Waals surface area contributed by atoms with Crippen molar-refractivity contribution < 1.29 is 146 Å². The number of aromatic amines is 2. The molecule has 2 aliphatic carbocycles.